The standard InChI is InChI=1S/C28H18Cl4N4O2S2/c29-19-11-9-17(23(31)13-19)15-33-35-27(37)21-5-1-3-7-25(21)39-40-26-8-4-2-6-22(26)28(38)36-34-16-18-10-12-20(30)14-24(18)32/h1-16H,(H,35,37)(H,36,38)/b33-15-,34-16+. The Kier molecular flexibility index (Phi) is 10.9. The summed E-state index contributed by atoms with van der Waals surface area (Å²) in [5.74, 6) is -0.794. The molecule has 0 bridgehead atoms. The Bertz CT molecular complexity index is 1500. The molecule has 0 unspecified atom stereocenters. The highest BCUT2D eigenvalue weighted by Crippen LogP contribution is 2.40. The third kappa shape index (κ3) is 8.27. The SMILES string of the molecule is O=C(N/N=C\c1ccc(Cl)cc1Cl)c1ccccc1SSc1ccccc1C(=O)N/N=C/c1ccc(Cl)cc1Cl. The molecule has 12 heteroatoms. The summed E-state index contributed by atoms with van der Waals surface area (Å²) in [4.78, 5) is 27.1. The molecule has 40 heavy (non-hydrogen) atoms. The van der Waals surface area contributed by atoms with Crippen LogP contribution in [0.4, 0.5) is 0 Å². The zero-order valence-electron chi connectivity index (χ0n) is 20.3. The molecule has 0 radical (unpaired) electrons. The molecule has 4 aromatic carbocycles. The van der Waals surface area contributed by atoms with E-state index in [1.165, 1.54) is 34.0 Å². The van der Waals surface area contributed by atoms with Crippen molar-refractivity contribution in [2.45, 2.75) is 9.79 Å². The van der Waals surface area contributed by atoms with Gasteiger partial charge in [-0.3, -0.25) is 9.59 Å². The van der Waals surface area contributed by atoms with Crippen molar-refractivity contribution in [3.05, 3.63) is 127 Å². The number of halogens is 4. The van der Waals surface area contributed by atoms with Crippen LogP contribution in [0.2, 0.25) is 20.1 Å². The molecule has 6 nitrogen and oxygen atoms in total. The lowest BCUT2D eigenvalue weighted by atomic mass is 10.2. The molecule has 0 atom stereocenters. The number of rotatable bonds is 9. The number of nitrogens with zero attached hydrogens (tertiary/aromatic N) is 2. The van der Waals surface area contributed by atoms with Gasteiger partial charge in [-0.1, -0.05) is 104 Å². The first-order valence-electron chi connectivity index (χ1n) is 11.4. The number of hydrogen-bond donors (Lipinski definition) is 2. The molecular formula is C28H18Cl4N4O2S2. The van der Waals surface area contributed by atoms with Crippen molar-refractivity contribution >= 4 is 92.2 Å². The number of hydrogen-bond acceptors (Lipinski definition) is 6. The average molecular weight is 648 g/mol. The predicted octanol–water partition coefficient (Wildman–Crippen LogP) is 8.63. The van der Waals surface area contributed by atoms with Crippen molar-refractivity contribution in [2.24, 2.45) is 10.2 Å². The Labute approximate surface area is 258 Å². The van der Waals surface area contributed by atoms with Crippen LogP contribution in [0.15, 0.2) is 105 Å². The van der Waals surface area contributed by atoms with E-state index in [-0.39, 0.29) is 0 Å². The molecule has 2 N–H and O–H groups in total. The molecule has 4 rings (SSSR count). The van der Waals surface area contributed by atoms with E-state index >= 15 is 0 Å². The van der Waals surface area contributed by atoms with Crippen molar-refractivity contribution in [3.8, 4) is 0 Å². The van der Waals surface area contributed by atoms with Gasteiger partial charge in [0.05, 0.1) is 33.6 Å². The van der Waals surface area contributed by atoms with E-state index in [2.05, 4.69) is 21.1 Å². The van der Waals surface area contributed by atoms with Crippen LogP contribution in [0.3, 0.4) is 0 Å². The van der Waals surface area contributed by atoms with Crippen LogP contribution in [0.5, 0.6) is 0 Å². The lowest BCUT2D eigenvalue weighted by molar-refractivity contribution is 0.0944. The van der Waals surface area contributed by atoms with E-state index in [1.807, 2.05) is 24.3 Å². The van der Waals surface area contributed by atoms with Crippen molar-refractivity contribution in [2.75, 3.05) is 0 Å². The van der Waals surface area contributed by atoms with Crippen LogP contribution < -0.4 is 10.9 Å². The summed E-state index contributed by atoms with van der Waals surface area (Å²) in [5, 5.41) is 9.87. The molecule has 0 aromatic heterocycles. The summed E-state index contributed by atoms with van der Waals surface area (Å²) < 4.78 is 0. The second-order valence-electron chi connectivity index (χ2n) is 7.89. The fourth-order valence-corrected chi connectivity index (χ4v) is 6.47. The Morgan fingerprint density at radius 1 is 0.600 bits per heavy atom. The van der Waals surface area contributed by atoms with Crippen LogP contribution in [-0.4, -0.2) is 24.2 Å². The molecule has 0 saturated heterocycles. The first kappa shape index (κ1) is 30.0. The van der Waals surface area contributed by atoms with Gasteiger partial charge in [-0.05, 0) is 48.5 Å². The van der Waals surface area contributed by atoms with E-state index in [1.54, 1.807) is 60.7 Å². The number of carbonyl (C=O) groups is 2. The molecule has 0 aliphatic heterocycles. The monoisotopic (exact) mass is 646 g/mol. The first-order valence-corrected chi connectivity index (χ1v) is 15.1. The number of amides is 2. The summed E-state index contributed by atoms with van der Waals surface area (Å²) in [6, 6.07) is 24.1. The Hall–Kier alpha value is -2.98. The zero-order chi connectivity index (χ0) is 28.5. The van der Waals surface area contributed by atoms with E-state index in [4.69, 9.17) is 46.4 Å². The summed E-state index contributed by atoms with van der Waals surface area (Å²) in [5.41, 5.74) is 7.11. The second kappa shape index (κ2) is 14.6. The molecule has 0 fully saturated rings. The van der Waals surface area contributed by atoms with Gasteiger partial charge in [-0.2, -0.15) is 10.2 Å². The van der Waals surface area contributed by atoms with Gasteiger partial charge in [-0.25, -0.2) is 10.9 Å². The Morgan fingerprint density at radius 3 is 1.40 bits per heavy atom. The van der Waals surface area contributed by atoms with Crippen molar-refractivity contribution in [1.82, 2.24) is 10.9 Å². The molecule has 0 saturated carbocycles. The molecule has 0 aliphatic carbocycles. The largest absolute Gasteiger partial charge is 0.272 e. The fourth-order valence-electron chi connectivity index (χ4n) is 3.20. The van der Waals surface area contributed by atoms with Crippen LogP contribution in [0.1, 0.15) is 31.8 Å². The number of hydrazone groups is 2. The van der Waals surface area contributed by atoms with Gasteiger partial charge in [0.25, 0.3) is 11.8 Å². The van der Waals surface area contributed by atoms with Crippen LogP contribution >= 0.6 is 68.0 Å². The third-order valence-corrected chi connectivity index (χ3v) is 8.76. The molecule has 0 spiro atoms. The highest BCUT2D eigenvalue weighted by Gasteiger charge is 2.15. The normalized spacial score (nSPS) is 11.2. The van der Waals surface area contributed by atoms with Crippen molar-refractivity contribution in [3.63, 3.8) is 0 Å². The maximum atomic E-state index is 12.9. The smallest absolute Gasteiger partial charge is 0.267 e. The molecule has 0 aliphatic rings. The van der Waals surface area contributed by atoms with Gasteiger partial charge in [0.1, 0.15) is 0 Å². The minimum absolute atomic E-state index is 0.397. The average Bonchev–Trinajstić information content (AvgIpc) is 2.94. The second-order valence-corrected chi connectivity index (χ2v) is 11.8. The summed E-state index contributed by atoms with van der Waals surface area (Å²) in [7, 11) is 2.68. The maximum absolute atomic E-state index is 12.9. The fraction of sp³-hybridized carbons (Fsp3) is 0. The van der Waals surface area contributed by atoms with Gasteiger partial charge >= 0.3 is 0 Å². The Balaban J connectivity index is 1.41. The highest BCUT2D eigenvalue weighted by molar-refractivity contribution is 8.76. The molecule has 0 heterocycles. The number of carbonyl (C=O) groups excluding carboxylic acids is 2. The van der Waals surface area contributed by atoms with Crippen LogP contribution in [-0.2, 0) is 0 Å². The van der Waals surface area contributed by atoms with E-state index < -0.39 is 11.8 Å². The quantitative estimate of drug-likeness (QED) is 0.108. The first-order chi connectivity index (χ1) is 19.3. The van der Waals surface area contributed by atoms with Crippen molar-refractivity contribution < 1.29 is 9.59 Å². The van der Waals surface area contributed by atoms with Gasteiger partial charge in [0.2, 0.25) is 0 Å². The summed E-state index contributed by atoms with van der Waals surface area (Å²) in [6.45, 7) is 0. The lowest BCUT2D eigenvalue weighted by Gasteiger charge is -2.10. The van der Waals surface area contributed by atoms with Gasteiger partial charge in [0.15, 0.2) is 0 Å². The van der Waals surface area contributed by atoms with E-state index in [0.717, 1.165) is 0 Å². The number of benzene rings is 4. The molecule has 202 valence electrons. The molecule has 4 aromatic rings. The summed E-state index contributed by atoms with van der Waals surface area (Å²) in [6.07, 6.45) is 2.89. The summed E-state index contributed by atoms with van der Waals surface area (Å²) >= 11 is 24.1. The number of nitrogens with one attached hydrogen (secondary N) is 2. The maximum Gasteiger partial charge on any atom is 0.272 e. The minimum atomic E-state index is -0.397. The minimum Gasteiger partial charge on any atom is -0.267 e. The van der Waals surface area contributed by atoms with Crippen LogP contribution in [0.25, 0.3) is 0 Å². The topological polar surface area (TPSA) is 82.9 Å². The van der Waals surface area contributed by atoms with Crippen molar-refractivity contribution in [1.29, 1.82) is 0 Å². The predicted molar refractivity (Wildman–Crippen MR) is 168 cm³/mol. The molecular weight excluding hydrogens is 630 g/mol. The highest BCUT2D eigenvalue weighted by atomic mass is 35.5. The van der Waals surface area contributed by atoms with E-state index in [9.17, 15) is 9.59 Å². The third-order valence-electron chi connectivity index (χ3n) is 5.15. The zero-order valence-corrected chi connectivity index (χ0v) is 24.9. The van der Waals surface area contributed by atoms with Crippen LogP contribution in [0, 0.1) is 0 Å². The van der Waals surface area contributed by atoms with E-state index in [0.29, 0.717) is 52.1 Å². The lowest BCUT2D eigenvalue weighted by Crippen LogP contribution is -2.18. The van der Waals surface area contributed by atoms with Gasteiger partial charge < -0.3 is 0 Å². The van der Waals surface area contributed by atoms with Gasteiger partial charge in [-0.15, -0.1) is 0 Å². The van der Waals surface area contributed by atoms with Gasteiger partial charge in [0, 0.05) is 31.0 Å². The Morgan fingerprint density at radius 2 is 1.00 bits per heavy atom. The molecule has 2 amide bonds.